The summed E-state index contributed by atoms with van der Waals surface area (Å²) in [4.78, 5) is 42.1. The average molecular weight is 445 g/mol. The molecule has 1 atom stereocenters. The van der Waals surface area contributed by atoms with E-state index < -0.39 is 23.0 Å². The molecule has 0 spiro atoms. The quantitative estimate of drug-likeness (QED) is 0.234. The normalized spacial score (nSPS) is 31.5. The lowest BCUT2D eigenvalue weighted by molar-refractivity contribution is -0.118. The van der Waals surface area contributed by atoms with Gasteiger partial charge in [-0.3, -0.25) is 14.5 Å². The molecule has 4 aliphatic rings. The van der Waals surface area contributed by atoms with Gasteiger partial charge in [0.15, 0.2) is 5.70 Å². The van der Waals surface area contributed by atoms with Gasteiger partial charge >= 0.3 is 6.03 Å². The Morgan fingerprint density at radius 1 is 1.34 bits per heavy atom. The maximum Gasteiger partial charge on any atom is 0.312 e. The smallest absolute Gasteiger partial charge is 0.312 e. The molecule has 32 heavy (non-hydrogen) atoms. The standard InChI is InChI=1S/C22H32N6O4/c1-14-4-3-5-16(10-14)11-25-18(31)17(15(2)30)26-19-22(24)8-6-21(7-9-22,27-20(23)32)12-28(19)13-29/h3,5,10,13-14,30H,4,6-9,11-12,24H2,1-2H3,(H,25,31)(H3,23,27,32)/b17-15+,26-19?. The van der Waals surface area contributed by atoms with Crippen LogP contribution in [0.5, 0.6) is 0 Å². The van der Waals surface area contributed by atoms with Crippen molar-refractivity contribution in [2.75, 3.05) is 13.1 Å². The zero-order chi connectivity index (χ0) is 23.5. The number of nitrogens with two attached hydrogens (primary N) is 2. The summed E-state index contributed by atoms with van der Waals surface area (Å²) >= 11 is 0. The van der Waals surface area contributed by atoms with E-state index in [9.17, 15) is 19.5 Å². The Bertz CT molecular complexity index is 907. The third-order valence-electron chi connectivity index (χ3n) is 6.37. The summed E-state index contributed by atoms with van der Waals surface area (Å²) in [5, 5.41) is 15.7. The zero-order valence-corrected chi connectivity index (χ0v) is 18.6. The summed E-state index contributed by atoms with van der Waals surface area (Å²) in [5.41, 5.74) is 11.1. The third kappa shape index (κ3) is 5.01. The van der Waals surface area contributed by atoms with Crippen molar-refractivity contribution in [3.63, 3.8) is 0 Å². The molecule has 4 rings (SSSR count). The molecular formula is C22H32N6O4. The maximum atomic E-state index is 12.9. The SMILES string of the molecule is C/C(O)=C(\N=C1N(C=O)CC2(NC(N)=O)CCC1(N)CC2)C(=O)NCC1=CC(C)CC=C1. The molecular weight excluding hydrogens is 412 g/mol. The van der Waals surface area contributed by atoms with Crippen molar-refractivity contribution in [3.05, 3.63) is 35.3 Å². The van der Waals surface area contributed by atoms with Gasteiger partial charge in [0.2, 0.25) is 6.41 Å². The van der Waals surface area contributed by atoms with Crippen LogP contribution in [0.2, 0.25) is 0 Å². The number of aliphatic hydroxyl groups is 1. The van der Waals surface area contributed by atoms with Crippen LogP contribution in [0.1, 0.15) is 46.0 Å². The van der Waals surface area contributed by atoms with Crippen molar-refractivity contribution in [1.82, 2.24) is 15.5 Å². The third-order valence-corrected chi connectivity index (χ3v) is 6.37. The van der Waals surface area contributed by atoms with E-state index in [4.69, 9.17) is 11.5 Å². The minimum atomic E-state index is -0.981. The van der Waals surface area contributed by atoms with E-state index in [0.29, 0.717) is 38.0 Å². The Morgan fingerprint density at radius 2 is 2.03 bits per heavy atom. The molecule has 0 aromatic carbocycles. The van der Waals surface area contributed by atoms with Crippen molar-refractivity contribution in [2.24, 2.45) is 22.4 Å². The van der Waals surface area contributed by atoms with Crippen LogP contribution in [0, 0.1) is 5.92 Å². The molecule has 1 unspecified atom stereocenters. The highest BCUT2D eigenvalue weighted by Gasteiger charge is 2.51. The number of aliphatic hydroxyl groups excluding tert-OH is 1. The summed E-state index contributed by atoms with van der Waals surface area (Å²) in [5.74, 6) is -0.261. The number of nitrogens with one attached hydrogen (secondary N) is 2. The minimum absolute atomic E-state index is 0.131. The predicted octanol–water partition coefficient (Wildman–Crippen LogP) is 0.964. The number of amides is 4. The molecule has 4 amide bonds. The maximum absolute atomic E-state index is 12.9. The summed E-state index contributed by atoms with van der Waals surface area (Å²) in [7, 11) is 0. The highest BCUT2D eigenvalue weighted by molar-refractivity contribution is 6.03. The first-order valence-corrected chi connectivity index (χ1v) is 10.8. The molecule has 2 saturated heterocycles. The fraction of sp³-hybridized carbons (Fsp3) is 0.545. The summed E-state index contributed by atoms with van der Waals surface area (Å²) in [6, 6.07) is -0.674. The van der Waals surface area contributed by atoms with Crippen LogP contribution in [-0.4, -0.2) is 58.4 Å². The highest BCUT2D eigenvalue weighted by atomic mass is 16.3. The Balaban J connectivity index is 1.87. The van der Waals surface area contributed by atoms with Gasteiger partial charge in [0.1, 0.15) is 11.6 Å². The van der Waals surface area contributed by atoms with Crippen molar-refractivity contribution in [2.45, 2.75) is 57.0 Å². The van der Waals surface area contributed by atoms with Crippen molar-refractivity contribution in [3.8, 4) is 0 Å². The monoisotopic (exact) mass is 444 g/mol. The number of hydrogen-bond acceptors (Lipinski definition) is 6. The van der Waals surface area contributed by atoms with Gasteiger partial charge in [-0.1, -0.05) is 25.2 Å². The van der Waals surface area contributed by atoms with Gasteiger partial charge in [0.05, 0.1) is 17.6 Å². The summed E-state index contributed by atoms with van der Waals surface area (Å²) in [6.07, 6.45) is 9.53. The van der Waals surface area contributed by atoms with Crippen LogP contribution in [0.4, 0.5) is 4.79 Å². The van der Waals surface area contributed by atoms with Crippen LogP contribution in [0.25, 0.3) is 0 Å². The van der Waals surface area contributed by atoms with Crippen LogP contribution < -0.4 is 22.1 Å². The lowest BCUT2D eigenvalue weighted by Crippen LogP contribution is -2.57. The topological polar surface area (TPSA) is 163 Å². The molecule has 2 aliphatic heterocycles. The number of nitrogens with zero attached hydrogens (tertiary/aromatic N) is 2. The molecule has 3 fully saturated rings. The van der Waals surface area contributed by atoms with E-state index in [1.165, 1.54) is 11.8 Å². The van der Waals surface area contributed by atoms with Gasteiger partial charge in [0.25, 0.3) is 5.91 Å². The first-order chi connectivity index (χ1) is 15.1. The molecule has 2 aliphatic carbocycles. The molecule has 174 valence electrons. The van der Waals surface area contributed by atoms with Crippen LogP contribution >= 0.6 is 0 Å². The van der Waals surface area contributed by atoms with E-state index in [1.54, 1.807) is 0 Å². The number of carbonyl (C=O) groups excluding carboxylic acids is 3. The molecule has 2 heterocycles. The van der Waals surface area contributed by atoms with Crippen LogP contribution in [-0.2, 0) is 9.59 Å². The van der Waals surface area contributed by atoms with Gasteiger partial charge in [-0.2, -0.15) is 0 Å². The predicted molar refractivity (Wildman–Crippen MR) is 120 cm³/mol. The number of urea groups is 1. The van der Waals surface area contributed by atoms with Crippen molar-refractivity contribution in [1.29, 1.82) is 0 Å². The Hall–Kier alpha value is -3.14. The number of primary amides is 1. The second-order valence-electron chi connectivity index (χ2n) is 9.07. The van der Waals surface area contributed by atoms with E-state index in [1.807, 2.05) is 6.08 Å². The molecule has 7 N–H and O–H groups in total. The fourth-order valence-electron chi connectivity index (χ4n) is 4.64. The Kier molecular flexibility index (Phi) is 6.73. The van der Waals surface area contributed by atoms with Gasteiger partial charge < -0.3 is 27.2 Å². The highest BCUT2D eigenvalue weighted by Crippen LogP contribution is 2.39. The number of aliphatic imine (C=N–C) groups is 1. The first-order valence-electron chi connectivity index (χ1n) is 10.8. The van der Waals surface area contributed by atoms with Gasteiger partial charge in [-0.05, 0) is 50.5 Å². The van der Waals surface area contributed by atoms with Gasteiger partial charge in [-0.15, -0.1) is 0 Å². The summed E-state index contributed by atoms with van der Waals surface area (Å²) < 4.78 is 0. The van der Waals surface area contributed by atoms with E-state index in [-0.39, 0.29) is 30.4 Å². The number of fused-ring (bicyclic) bond motifs is 4. The fourth-order valence-corrected chi connectivity index (χ4v) is 4.64. The molecule has 1 saturated carbocycles. The van der Waals surface area contributed by atoms with Crippen molar-refractivity contribution >= 4 is 24.2 Å². The number of allylic oxidation sites excluding steroid dienone is 3. The molecule has 0 radical (unpaired) electrons. The van der Waals surface area contributed by atoms with Crippen LogP contribution in [0.15, 0.2) is 40.2 Å². The number of rotatable bonds is 6. The minimum Gasteiger partial charge on any atom is -0.510 e. The van der Waals surface area contributed by atoms with Crippen molar-refractivity contribution < 1.29 is 19.5 Å². The largest absolute Gasteiger partial charge is 0.510 e. The number of carbonyl (C=O) groups is 3. The molecule has 2 bridgehead atoms. The lowest BCUT2D eigenvalue weighted by Gasteiger charge is -2.39. The second kappa shape index (κ2) is 9.15. The van der Waals surface area contributed by atoms with E-state index in [0.717, 1.165) is 12.0 Å². The summed E-state index contributed by atoms with van der Waals surface area (Å²) in [6.45, 7) is 3.87. The van der Waals surface area contributed by atoms with E-state index >= 15 is 0 Å². The number of amidine groups is 1. The lowest BCUT2D eigenvalue weighted by atomic mass is 9.74. The Labute approximate surface area is 187 Å². The molecule has 0 aromatic heterocycles. The van der Waals surface area contributed by atoms with E-state index in [2.05, 4.69) is 34.7 Å². The van der Waals surface area contributed by atoms with Crippen LogP contribution in [0.3, 0.4) is 0 Å². The zero-order valence-electron chi connectivity index (χ0n) is 18.6. The molecule has 0 aromatic rings. The average Bonchev–Trinajstić information content (AvgIpc) is 2.91. The molecule has 10 heteroatoms. The number of hydrogen-bond donors (Lipinski definition) is 5. The van der Waals surface area contributed by atoms with Gasteiger partial charge in [-0.25, -0.2) is 9.79 Å². The second-order valence-corrected chi connectivity index (χ2v) is 9.07. The van der Waals surface area contributed by atoms with Gasteiger partial charge in [0, 0.05) is 6.54 Å². The Morgan fingerprint density at radius 3 is 2.59 bits per heavy atom. The first kappa shape index (κ1) is 23.5. The molecule has 10 nitrogen and oxygen atoms in total.